The first-order valence-electron chi connectivity index (χ1n) is 15.5. The Morgan fingerprint density at radius 2 is 1.73 bits per heavy atom. The van der Waals surface area contributed by atoms with E-state index in [0.29, 0.717) is 44.1 Å². The number of hydrogen-bond acceptors (Lipinski definition) is 7. The van der Waals surface area contributed by atoms with E-state index in [1.165, 1.54) is 22.5 Å². The first-order valence-corrected chi connectivity index (χ1v) is 15.5. The lowest BCUT2D eigenvalue weighted by Gasteiger charge is -2.39. The summed E-state index contributed by atoms with van der Waals surface area (Å²) in [4.78, 5) is 52.8. The summed E-state index contributed by atoms with van der Waals surface area (Å²) in [6.45, 7) is 8.80. The molecule has 234 valence electrons. The molecule has 4 aromatic rings. The molecule has 2 N–H and O–H groups in total. The maximum Gasteiger partial charge on any atom is 0.354 e. The molecule has 6 heterocycles. The number of carbonyl (C=O) groups is 2. The quantitative estimate of drug-likeness (QED) is 0.327. The zero-order valence-electron chi connectivity index (χ0n) is 25.6. The van der Waals surface area contributed by atoms with Gasteiger partial charge < -0.3 is 29.7 Å². The van der Waals surface area contributed by atoms with E-state index in [4.69, 9.17) is 0 Å². The maximum absolute atomic E-state index is 13.3. The minimum Gasteiger partial charge on any atom is -0.477 e. The fourth-order valence-electron chi connectivity index (χ4n) is 7.36. The molecule has 45 heavy (non-hydrogen) atoms. The fraction of sp³-hybridized carbons (Fsp3) is 0.424. The van der Waals surface area contributed by atoms with E-state index in [1.54, 1.807) is 16.8 Å². The SMILES string of the molecule is Cc1cc(N2CC[C@](C)(c3ccccc3)C2)cc(=O)n1CCN1CC2(CCN(c3ncc(C(=O)O)n4cncc34)CC2)NC1=O. The molecule has 3 aromatic heterocycles. The van der Waals surface area contributed by atoms with Crippen LogP contribution in [0.5, 0.6) is 0 Å². The van der Waals surface area contributed by atoms with Gasteiger partial charge in [-0.1, -0.05) is 37.3 Å². The molecule has 3 fully saturated rings. The Morgan fingerprint density at radius 1 is 0.978 bits per heavy atom. The summed E-state index contributed by atoms with van der Waals surface area (Å²) < 4.78 is 3.30. The van der Waals surface area contributed by atoms with Gasteiger partial charge in [0.15, 0.2) is 11.5 Å². The molecule has 1 spiro atoms. The first-order chi connectivity index (χ1) is 21.6. The molecule has 3 aliphatic rings. The number of amides is 2. The summed E-state index contributed by atoms with van der Waals surface area (Å²) in [5.74, 6) is -0.375. The molecule has 0 bridgehead atoms. The number of urea groups is 1. The van der Waals surface area contributed by atoms with Crippen molar-refractivity contribution in [2.24, 2.45) is 0 Å². The molecule has 12 heteroatoms. The predicted octanol–water partition coefficient (Wildman–Crippen LogP) is 3.13. The zero-order valence-corrected chi connectivity index (χ0v) is 25.6. The highest BCUT2D eigenvalue weighted by Gasteiger charge is 2.44. The summed E-state index contributed by atoms with van der Waals surface area (Å²) in [7, 11) is 0. The van der Waals surface area contributed by atoms with Crippen LogP contribution in [0, 0.1) is 6.92 Å². The number of carboxylic acids is 1. The van der Waals surface area contributed by atoms with Gasteiger partial charge in [-0.05, 0) is 37.8 Å². The molecule has 0 radical (unpaired) electrons. The average Bonchev–Trinajstić information content (AvgIpc) is 3.75. The largest absolute Gasteiger partial charge is 0.477 e. The number of aryl methyl sites for hydroxylation is 1. The topological polar surface area (TPSA) is 128 Å². The Bertz CT molecular complexity index is 1830. The van der Waals surface area contributed by atoms with Crippen molar-refractivity contribution in [3.63, 3.8) is 0 Å². The Morgan fingerprint density at radius 3 is 2.47 bits per heavy atom. The number of imidazole rings is 1. The molecular formula is C33H38N8O4. The highest BCUT2D eigenvalue weighted by Crippen LogP contribution is 2.36. The van der Waals surface area contributed by atoms with Crippen molar-refractivity contribution in [2.45, 2.75) is 50.6 Å². The minimum absolute atomic E-state index is 0.0476. The van der Waals surface area contributed by atoms with E-state index in [9.17, 15) is 19.5 Å². The first kappa shape index (κ1) is 28.9. The van der Waals surface area contributed by atoms with E-state index in [-0.39, 0.29) is 28.2 Å². The lowest BCUT2D eigenvalue weighted by Crippen LogP contribution is -2.52. The molecule has 0 unspecified atom stereocenters. The van der Waals surface area contributed by atoms with E-state index < -0.39 is 5.97 Å². The zero-order chi connectivity index (χ0) is 31.3. The van der Waals surface area contributed by atoms with Crippen LogP contribution in [0.3, 0.4) is 0 Å². The number of benzene rings is 1. The second-order valence-electron chi connectivity index (χ2n) is 13.0. The van der Waals surface area contributed by atoms with Crippen molar-refractivity contribution >= 4 is 29.0 Å². The molecule has 2 amide bonds. The van der Waals surface area contributed by atoms with Crippen molar-refractivity contribution < 1.29 is 14.7 Å². The van der Waals surface area contributed by atoms with Crippen LogP contribution in [0.15, 0.2) is 66.0 Å². The summed E-state index contributed by atoms with van der Waals surface area (Å²) >= 11 is 0. The number of piperidine rings is 1. The van der Waals surface area contributed by atoms with Crippen molar-refractivity contribution in [3.05, 3.63) is 88.5 Å². The molecule has 1 atom stereocenters. The average molecular weight is 611 g/mol. The van der Waals surface area contributed by atoms with Crippen molar-refractivity contribution in [2.75, 3.05) is 49.1 Å². The molecule has 1 aromatic carbocycles. The minimum atomic E-state index is -1.06. The highest BCUT2D eigenvalue weighted by atomic mass is 16.4. The van der Waals surface area contributed by atoms with Gasteiger partial charge >= 0.3 is 12.0 Å². The third kappa shape index (κ3) is 5.17. The van der Waals surface area contributed by atoms with Gasteiger partial charge in [0.1, 0.15) is 11.8 Å². The summed E-state index contributed by atoms with van der Waals surface area (Å²) in [5.41, 5.74) is 3.52. The second kappa shape index (κ2) is 10.9. The number of carboxylic acid groups (broad SMARTS) is 1. The predicted molar refractivity (Wildman–Crippen MR) is 170 cm³/mol. The third-order valence-electron chi connectivity index (χ3n) is 10.1. The van der Waals surface area contributed by atoms with Gasteiger partial charge in [-0.15, -0.1) is 0 Å². The molecule has 12 nitrogen and oxygen atoms in total. The number of rotatable bonds is 7. The molecule has 0 aliphatic carbocycles. The second-order valence-corrected chi connectivity index (χ2v) is 13.0. The Hall–Kier alpha value is -4.87. The Balaban J connectivity index is 0.982. The third-order valence-corrected chi connectivity index (χ3v) is 10.1. The fourth-order valence-corrected chi connectivity index (χ4v) is 7.36. The van der Waals surface area contributed by atoms with Crippen LogP contribution in [-0.2, 0) is 12.0 Å². The molecule has 3 saturated heterocycles. The molecular weight excluding hydrogens is 572 g/mol. The number of aromatic nitrogens is 4. The van der Waals surface area contributed by atoms with Gasteiger partial charge in [-0.3, -0.25) is 9.20 Å². The van der Waals surface area contributed by atoms with Gasteiger partial charge in [0.25, 0.3) is 5.56 Å². The van der Waals surface area contributed by atoms with E-state index in [0.717, 1.165) is 43.7 Å². The van der Waals surface area contributed by atoms with E-state index in [2.05, 4.69) is 62.3 Å². The normalized spacial score (nSPS) is 21.2. The number of fused-ring (bicyclic) bond motifs is 1. The van der Waals surface area contributed by atoms with E-state index >= 15 is 0 Å². The number of anilines is 2. The number of nitrogens with one attached hydrogen (secondary N) is 1. The van der Waals surface area contributed by atoms with Crippen LogP contribution in [0.2, 0.25) is 0 Å². The summed E-state index contributed by atoms with van der Waals surface area (Å²) in [5, 5.41) is 12.7. The van der Waals surface area contributed by atoms with Gasteiger partial charge in [0.2, 0.25) is 0 Å². The van der Waals surface area contributed by atoms with Gasteiger partial charge in [-0.25, -0.2) is 19.6 Å². The number of carbonyl (C=O) groups excluding carboxylic acids is 1. The van der Waals surface area contributed by atoms with E-state index in [1.807, 2.05) is 17.9 Å². The monoisotopic (exact) mass is 610 g/mol. The van der Waals surface area contributed by atoms with Crippen LogP contribution < -0.4 is 20.7 Å². The molecule has 0 saturated carbocycles. The van der Waals surface area contributed by atoms with Crippen LogP contribution in [0.25, 0.3) is 5.52 Å². The van der Waals surface area contributed by atoms with Crippen LogP contribution in [0.1, 0.15) is 47.9 Å². The van der Waals surface area contributed by atoms with Gasteiger partial charge in [0.05, 0.1) is 17.9 Å². The van der Waals surface area contributed by atoms with Crippen LogP contribution in [0.4, 0.5) is 16.3 Å². The summed E-state index contributed by atoms with van der Waals surface area (Å²) in [6.07, 6.45) is 6.95. The number of hydrogen-bond donors (Lipinski definition) is 2. The number of aromatic carboxylic acids is 1. The number of nitrogens with zero attached hydrogens (tertiary/aromatic N) is 7. The molecule has 7 rings (SSSR count). The standard InChI is InChI=1S/C33H38N8O4/c1-23-16-25(38-11-8-32(2,20-38)24-6-4-3-5-7-24)17-28(42)40(23)15-14-39-21-33(36-31(39)45)9-12-37(13-10-33)29-26-18-34-22-41(26)27(19-35-29)30(43)44/h3-7,16-19,22H,8-15,20-21H2,1-2H3,(H,36,45)(H,43,44)/t32-/m0/s1. The van der Waals surface area contributed by atoms with Crippen LogP contribution in [-0.4, -0.2) is 85.8 Å². The highest BCUT2D eigenvalue weighted by molar-refractivity contribution is 5.87. The Kier molecular flexibility index (Phi) is 7.02. The van der Waals surface area contributed by atoms with Crippen molar-refractivity contribution in [1.82, 2.24) is 29.2 Å². The smallest absolute Gasteiger partial charge is 0.354 e. The Labute approximate surface area is 260 Å². The lowest BCUT2D eigenvalue weighted by atomic mass is 9.82. The van der Waals surface area contributed by atoms with Crippen molar-refractivity contribution in [3.8, 4) is 0 Å². The van der Waals surface area contributed by atoms with Crippen molar-refractivity contribution in [1.29, 1.82) is 0 Å². The number of pyridine rings is 1. The van der Waals surface area contributed by atoms with Gasteiger partial charge in [-0.2, -0.15) is 0 Å². The van der Waals surface area contributed by atoms with Crippen LogP contribution >= 0.6 is 0 Å². The summed E-state index contributed by atoms with van der Waals surface area (Å²) in [6, 6.07) is 14.3. The maximum atomic E-state index is 13.3. The lowest BCUT2D eigenvalue weighted by molar-refractivity contribution is 0.0688. The molecule has 3 aliphatic heterocycles. The van der Waals surface area contributed by atoms with Gasteiger partial charge in [0, 0.05) is 68.7 Å².